The normalized spacial score (nSPS) is 11.7. The number of carbonyl (C=O) groups is 2. The smallest absolute Gasteiger partial charge is 0.325 e. The molecule has 0 radical (unpaired) electrons. The minimum absolute atomic E-state index is 0.0689. The molecule has 0 heterocycles. The number of hydrogen-bond donors (Lipinski definition) is 2. The first-order valence-corrected chi connectivity index (χ1v) is 4.83. The van der Waals surface area contributed by atoms with Crippen molar-refractivity contribution in [3.05, 3.63) is 29.6 Å². The van der Waals surface area contributed by atoms with Crippen LogP contribution < -0.4 is 10.1 Å². The first-order valence-electron chi connectivity index (χ1n) is 4.83. The van der Waals surface area contributed by atoms with E-state index in [9.17, 15) is 14.0 Å². The van der Waals surface area contributed by atoms with Crippen LogP contribution in [0.5, 0.6) is 5.75 Å². The summed E-state index contributed by atoms with van der Waals surface area (Å²) in [4.78, 5) is 22.1. The molecule has 92 valence electrons. The predicted molar refractivity (Wildman–Crippen MR) is 57.5 cm³/mol. The fourth-order valence-electron chi connectivity index (χ4n) is 1.14. The van der Waals surface area contributed by atoms with Crippen molar-refractivity contribution < 1.29 is 23.8 Å². The number of carboxylic acid groups (broad SMARTS) is 1. The van der Waals surface area contributed by atoms with Gasteiger partial charge in [-0.2, -0.15) is 0 Å². The number of amides is 1. The largest absolute Gasteiger partial charge is 0.494 e. The molecule has 0 aliphatic rings. The lowest BCUT2D eigenvalue weighted by Crippen LogP contribution is -2.38. The van der Waals surface area contributed by atoms with Crippen LogP contribution in [0.3, 0.4) is 0 Å². The van der Waals surface area contributed by atoms with Crippen molar-refractivity contribution in [3.8, 4) is 5.75 Å². The zero-order valence-electron chi connectivity index (χ0n) is 9.36. The molecule has 2 N–H and O–H groups in total. The molecule has 0 saturated heterocycles. The molecule has 0 saturated carbocycles. The van der Waals surface area contributed by atoms with E-state index in [1.54, 1.807) is 0 Å². The van der Waals surface area contributed by atoms with Crippen molar-refractivity contribution in [2.45, 2.75) is 13.0 Å². The van der Waals surface area contributed by atoms with Gasteiger partial charge in [0.1, 0.15) is 6.04 Å². The molecule has 0 unspecified atom stereocenters. The Bertz CT molecular complexity index is 447. The number of halogens is 1. The molecular formula is C11H12FNO4. The summed E-state index contributed by atoms with van der Waals surface area (Å²) in [6.45, 7) is 1.33. The van der Waals surface area contributed by atoms with Crippen LogP contribution in [-0.2, 0) is 4.79 Å². The van der Waals surface area contributed by atoms with E-state index < -0.39 is 23.7 Å². The second-order valence-corrected chi connectivity index (χ2v) is 3.38. The summed E-state index contributed by atoms with van der Waals surface area (Å²) in [5, 5.41) is 10.9. The molecule has 1 aromatic rings. The maximum absolute atomic E-state index is 13.1. The maximum atomic E-state index is 13.1. The van der Waals surface area contributed by atoms with Gasteiger partial charge in [-0.05, 0) is 25.1 Å². The lowest BCUT2D eigenvalue weighted by atomic mass is 10.2. The van der Waals surface area contributed by atoms with E-state index in [0.717, 1.165) is 6.07 Å². The zero-order chi connectivity index (χ0) is 13.0. The number of aliphatic carboxylic acids is 1. The predicted octanol–water partition coefficient (Wildman–Crippen LogP) is 1.04. The van der Waals surface area contributed by atoms with Gasteiger partial charge >= 0.3 is 5.97 Å². The topological polar surface area (TPSA) is 75.6 Å². The van der Waals surface area contributed by atoms with Crippen LogP contribution in [0.4, 0.5) is 4.39 Å². The molecule has 1 aromatic carbocycles. The van der Waals surface area contributed by atoms with Crippen LogP contribution in [0.1, 0.15) is 17.3 Å². The summed E-state index contributed by atoms with van der Waals surface area (Å²) in [5.74, 6) is -2.40. The Morgan fingerprint density at radius 2 is 2.12 bits per heavy atom. The SMILES string of the molecule is COc1cc(C(=O)N[C@@H](C)C(=O)O)ccc1F. The molecule has 0 fully saturated rings. The molecule has 0 aliphatic carbocycles. The summed E-state index contributed by atoms with van der Waals surface area (Å²) in [6, 6.07) is 2.53. The van der Waals surface area contributed by atoms with Crippen LogP contribution in [0.2, 0.25) is 0 Å². The van der Waals surface area contributed by atoms with Crippen LogP contribution >= 0.6 is 0 Å². The van der Waals surface area contributed by atoms with Crippen molar-refractivity contribution >= 4 is 11.9 Å². The molecular weight excluding hydrogens is 229 g/mol. The summed E-state index contributed by atoms with van der Waals surface area (Å²) in [7, 11) is 1.28. The van der Waals surface area contributed by atoms with Crippen molar-refractivity contribution in [1.29, 1.82) is 0 Å². The molecule has 6 heteroatoms. The second kappa shape index (κ2) is 5.29. The quantitative estimate of drug-likeness (QED) is 0.825. The number of rotatable bonds is 4. The van der Waals surface area contributed by atoms with E-state index in [4.69, 9.17) is 9.84 Å². The van der Waals surface area contributed by atoms with Gasteiger partial charge in [0.25, 0.3) is 5.91 Å². The van der Waals surface area contributed by atoms with Gasteiger partial charge in [-0.1, -0.05) is 0 Å². The number of carboxylic acids is 1. The Morgan fingerprint density at radius 1 is 1.47 bits per heavy atom. The molecule has 0 bridgehead atoms. The fraction of sp³-hybridized carbons (Fsp3) is 0.273. The van der Waals surface area contributed by atoms with Crippen molar-refractivity contribution in [2.75, 3.05) is 7.11 Å². The molecule has 0 aliphatic heterocycles. The lowest BCUT2D eigenvalue weighted by Gasteiger charge is -2.10. The van der Waals surface area contributed by atoms with Gasteiger partial charge in [0.05, 0.1) is 7.11 Å². The summed E-state index contributed by atoms with van der Waals surface area (Å²) >= 11 is 0. The average molecular weight is 241 g/mol. The van der Waals surface area contributed by atoms with Gasteiger partial charge in [-0.3, -0.25) is 9.59 Å². The van der Waals surface area contributed by atoms with E-state index in [2.05, 4.69) is 5.32 Å². The summed E-state index contributed by atoms with van der Waals surface area (Å²) in [5.41, 5.74) is 0.136. The van der Waals surface area contributed by atoms with E-state index in [-0.39, 0.29) is 11.3 Å². The highest BCUT2D eigenvalue weighted by molar-refractivity contribution is 5.96. The Hall–Kier alpha value is -2.11. The Labute approximate surface area is 97.2 Å². The third-order valence-electron chi connectivity index (χ3n) is 2.13. The van der Waals surface area contributed by atoms with Crippen molar-refractivity contribution in [1.82, 2.24) is 5.32 Å². The lowest BCUT2D eigenvalue weighted by molar-refractivity contribution is -0.138. The zero-order valence-corrected chi connectivity index (χ0v) is 9.36. The number of benzene rings is 1. The van der Waals surface area contributed by atoms with Gasteiger partial charge in [0.2, 0.25) is 0 Å². The van der Waals surface area contributed by atoms with Crippen LogP contribution in [0, 0.1) is 5.82 Å². The number of nitrogens with one attached hydrogen (secondary N) is 1. The maximum Gasteiger partial charge on any atom is 0.325 e. The van der Waals surface area contributed by atoms with Crippen LogP contribution in [-0.4, -0.2) is 30.1 Å². The van der Waals surface area contributed by atoms with Crippen molar-refractivity contribution in [3.63, 3.8) is 0 Å². The Balaban J connectivity index is 2.86. The molecule has 0 spiro atoms. The van der Waals surface area contributed by atoms with Gasteiger partial charge in [-0.15, -0.1) is 0 Å². The molecule has 5 nitrogen and oxygen atoms in total. The van der Waals surface area contributed by atoms with Gasteiger partial charge < -0.3 is 15.2 Å². The van der Waals surface area contributed by atoms with Crippen LogP contribution in [0.25, 0.3) is 0 Å². The van der Waals surface area contributed by atoms with E-state index >= 15 is 0 Å². The highest BCUT2D eigenvalue weighted by Gasteiger charge is 2.16. The summed E-state index contributed by atoms with van der Waals surface area (Å²) < 4.78 is 17.8. The van der Waals surface area contributed by atoms with E-state index in [1.165, 1.54) is 26.2 Å². The number of carbonyl (C=O) groups excluding carboxylic acids is 1. The number of ether oxygens (including phenoxy) is 1. The molecule has 0 aromatic heterocycles. The Kier molecular flexibility index (Phi) is 4.03. The number of hydrogen-bond acceptors (Lipinski definition) is 3. The third kappa shape index (κ3) is 3.17. The van der Waals surface area contributed by atoms with Crippen LogP contribution in [0.15, 0.2) is 18.2 Å². The minimum Gasteiger partial charge on any atom is -0.494 e. The molecule has 1 amide bonds. The highest BCUT2D eigenvalue weighted by Crippen LogP contribution is 2.18. The van der Waals surface area contributed by atoms with E-state index in [1.807, 2.05) is 0 Å². The van der Waals surface area contributed by atoms with Crippen molar-refractivity contribution in [2.24, 2.45) is 0 Å². The third-order valence-corrected chi connectivity index (χ3v) is 2.13. The Morgan fingerprint density at radius 3 is 2.65 bits per heavy atom. The average Bonchev–Trinajstić information content (AvgIpc) is 2.29. The number of methoxy groups -OCH3 is 1. The minimum atomic E-state index is -1.15. The van der Waals surface area contributed by atoms with Gasteiger partial charge in [0, 0.05) is 5.56 Å². The second-order valence-electron chi connectivity index (χ2n) is 3.38. The van der Waals surface area contributed by atoms with E-state index in [0.29, 0.717) is 0 Å². The molecule has 1 atom stereocenters. The monoisotopic (exact) mass is 241 g/mol. The fourth-order valence-corrected chi connectivity index (χ4v) is 1.14. The summed E-state index contributed by atoms with van der Waals surface area (Å²) in [6.07, 6.45) is 0. The highest BCUT2D eigenvalue weighted by atomic mass is 19.1. The molecule has 1 rings (SSSR count). The van der Waals surface area contributed by atoms with Gasteiger partial charge in [0.15, 0.2) is 11.6 Å². The van der Waals surface area contributed by atoms with Gasteiger partial charge in [-0.25, -0.2) is 4.39 Å². The first-order chi connectivity index (χ1) is 7.95. The molecule has 17 heavy (non-hydrogen) atoms. The standard InChI is InChI=1S/C11H12FNO4/c1-6(11(15)16)13-10(14)7-3-4-8(12)9(5-7)17-2/h3-6H,1-2H3,(H,13,14)(H,15,16)/t6-/m0/s1. The first kappa shape index (κ1) is 13.0.